The van der Waals surface area contributed by atoms with Gasteiger partial charge < -0.3 is 10.7 Å². The van der Waals surface area contributed by atoms with Crippen molar-refractivity contribution in [1.82, 2.24) is 19.9 Å². The number of H-pyrrole nitrogens is 1. The molecule has 0 atom stereocenters. The summed E-state index contributed by atoms with van der Waals surface area (Å²) >= 11 is 3.53. The van der Waals surface area contributed by atoms with E-state index >= 15 is 0 Å². The number of nitrogens with one attached hydrogen (secondary N) is 1. The van der Waals surface area contributed by atoms with Gasteiger partial charge in [-0.2, -0.15) is 0 Å². The summed E-state index contributed by atoms with van der Waals surface area (Å²) in [6, 6.07) is 9.35. The van der Waals surface area contributed by atoms with Gasteiger partial charge in [-0.3, -0.25) is 14.7 Å². The van der Waals surface area contributed by atoms with Crippen LogP contribution >= 0.6 is 15.9 Å². The third-order valence-corrected chi connectivity index (χ3v) is 5.30. The third kappa shape index (κ3) is 3.40. The smallest absolute Gasteiger partial charge is 0.255 e. The highest BCUT2D eigenvalue weighted by Crippen LogP contribution is 2.22. The SMILES string of the molecule is Nc1ccc(-c2nc3c(c(=O)[nH]2)CN(Cc2ccncc2Br)CC3)cc1. The zero-order valence-corrected chi connectivity index (χ0v) is 15.7. The second-order valence-electron chi connectivity index (χ2n) is 6.39. The Morgan fingerprint density at radius 1 is 1.23 bits per heavy atom. The number of pyridine rings is 1. The molecule has 1 aromatic carbocycles. The summed E-state index contributed by atoms with van der Waals surface area (Å²) < 4.78 is 0.983. The van der Waals surface area contributed by atoms with E-state index in [0.717, 1.165) is 46.4 Å². The summed E-state index contributed by atoms with van der Waals surface area (Å²) in [5, 5.41) is 0. The monoisotopic (exact) mass is 411 g/mol. The molecule has 6 nitrogen and oxygen atoms in total. The fourth-order valence-electron chi connectivity index (χ4n) is 3.17. The molecule has 0 saturated carbocycles. The molecule has 0 saturated heterocycles. The Kier molecular flexibility index (Phi) is 4.57. The molecular formula is C19H18BrN5O. The van der Waals surface area contributed by atoms with Crippen molar-refractivity contribution in [2.45, 2.75) is 19.5 Å². The van der Waals surface area contributed by atoms with Crippen LogP contribution < -0.4 is 11.3 Å². The van der Waals surface area contributed by atoms with Crippen molar-refractivity contribution in [2.24, 2.45) is 0 Å². The van der Waals surface area contributed by atoms with E-state index in [2.05, 4.69) is 30.8 Å². The molecule has 0 spiro atoms. The average molecular weight is 412 g/mol. The zero-order chi connectivity index (χ0) is 18.1. The molecule has 3 heterocycles. The van der Waals surface area contributed by atoms with E-state index in [1.807, 2.05) is 30.3 Å². The molecule has 3 N–H and O–H groups in total. The van der Waals surface area contributed by atoms with Crippen LogP contribution in [-0.2, 0) is 19.5 Å². The van der Waals surface area contributed by atoms with Crippen LogP contribution in [0.5, 0.6) is 0 Å². The van der Waals surface area contributed by atoms with Gasteiger partial charge in [0.05, 0.1) is 11.3 Å². The number of nitrogens with zero attached hydrogens (tertiary/aromatic N) is 3. The number of aromatic nitrogens is 3. The molecule has 0 bridgehead atoms. The largest absolute Gasteiger partial charge is 0.399 e. The Hall–Kier alpha value is -2.51. The number of aromatic amines is 1. The van der Waals surface area contributed by atoms with Gasteiger partial charge in [-0.15, -0.1) is 0 Å². The van der Waals surface area contributed by atoms with E-state index in [-0.39, 0.29) is 5.56 Å². The molecule has 26 heavy (non-hydrogen) atoms. The number of rotatable bonds is 3. The molecule has 1 aliphatic rings. The lowest BCUT2D eigenvalue weighted by Crippen LogP contribution is -2.35. The highest BCUT2D eigenvalue weighted by atomic mass is 79.9. The molecule has 0 fully saturated rings. The lowest BCUT2D eigenvalue weighted by atomic mass is 10.1. The van der Waals surface area contributed by atoms with Crippen molar-refractivity contribution in [3.05, 3.63) is 74.4 Å². The lowest BCUT2D eigenvalue weighted by molar-refractivity contribution is 0.241. The summed E-state index contributed by atoms with van der Waals surface area (Å²) in [5.74, 6) is 0.596. The third-order valence-electron chi connectivity index (χ3n) is 4.58. The topological polar surface area (TPSA) is 87.9 Å². The number of nitrogens with two attached hydrogens (primary N) is 1. The predicted octanol–water partition coefficient (Wildman–Crippen LogP) is 2.73. The Bertz CT molecular complexity index is 1000. The van der Waals surface area contributed by atoms with Gasteiger partial charge in [0.15, 0.2) is 0 Å². The number of anilines is 1. The first-order chi connectivity index (χ1) is 12.6. The van der Waals surface area contributed by atoms with Crippen molar-refractivity contribution in [3.8, 4) is 11.4 Å². The molecule has 2 aromatic heterocycles. The molecule has 3 aromatic rings. The van der Waals surface area contributed by atoms with Gasteiger partial charge in [-0.25, -0.2) is 4.98 Å². The second-order valence-corrected chi connectivity index (χ2v) is 7.24. The number of benzene rings is 1. The molecule has 7 heteroatoms. The van der Waals surface area contributed by atoms with Gasteiger partial charge >= 0.3 is 0 Å². The van der Waals surface area contributed by atoms with Crippen molar-refractivity contribution < 1.29 is 0 Å². The zero-order valence-electron chi connectivity index (χ0n) is 14.1. The Balaban J connectivity index is 1.59. The molecule has 0 unspecified atom stereocenters. The van der Waals surface area contributed by atoms with Gasteiger partial charge in [0.2, 0.25) is 0 Å². The fourth-order valence-corrected chi connectivity index (χ4v) is 3.54. The van der Waals surface area contributed by atoms with E-state index in [4.69, 9.17) is 10.7 Å². The minimum atomic E-state index is -0.0691. The Morgan fingerprint density at radius 2 is 2.04 bits per heavy atom. The number of halogens is 1. The van der Waals surface area contributed by atoms with Gasteiger partial charge in [-0.1, -0.05) is 0 Å². The van der Waals surface area contributed by atoms with E-state index < -0.39 is 0 Å². The van der Waals surface area contributed by atoms with Crippen LogP contribution in [0.3, 0.4) is 0 Å². The maximum atomic E-state index is 12.6. The normalized spacial score (nSPS) is 14.2. The van der Waals surface area contributed by atoms with Gasteiger partial charge in [0.1, 0.15) is 5.82 Å². The highest BCUT2D eigenvalue weighted by Gasteiger charge is 2.22. The van der Waals surface area contributed by atoms with E-state index in [0.29, 0.717) is 18.1 Å². The van der Waals surface area contributed by atoms with Crippen LogP contribution in [0.2, 0.25) is 0 Å². The molecule has 4 rings (SSSR count). The number of nitrogen functional groups attached to an aromatic ring is 1. The number of hydrogen-bond acceptors (Lipinski definition) is 5. The summed E-state index contributed by atoms with van der Waals surface area (Å²) in [4.78, 5) is 26.6. The minimum Gasteiger partial charge on any atom is -0.399 e. The van der Waals surface area contributed by atoms with Crippen LogP contribution in [0, 0.1) is 0 Å². The highest BCUT2D eigenvalue weighted by molar-refractivity contribution is 9.10. The summed E-state index contributed by atoms with van der Waals surface area (Å²) in [7, 11) is 0. The van der Waals surface area contributed by atoms with Crippen molar-refractivity contribution >= 4 is 21.6 Å². The number of fused-ring (bicyclic) bond motifs is 1. The standard InChI is InChI=1S/C19H18BrN5O/c20-16-9-22-7-5-13(16)10-25-8-6-17-15(11-25)19(26)24-18(23-17)12-1-3-14(21)4-2-12/h1-5,7,9H,6,8,10-11,21H2,(H,23,24,26). The van der Waals surface area contributed by atoms with E-state index in [1.54, 1.807) is 12.4 Å². The van der Waals surface area contributed by atoms with Crippen molar-refractivity contribution in [3.63, 3.8) is 0 Å². The maximum absolute atomic E-state index is 12.6. The average Bonchev–Trinajstić information content (AvgIpc) is 2.64. The van der Waals surface area contributed by atoms with Crippen molar-refractivity contribution in [2.75, 3.05) is 12.3 Å². The molecule has 1 aliphatic heterocycles. The molecule has 0 radical (unpaired) electrons. The van der Waals surface area contributed by atoms with Crippen LogP contribution in [0.4, 0.5) is 5.69 Å². The van der Waals surface area contributed by atoms with Crippen molar-refractivity contribution in [1.29, 1.82) is 0 Å². The maximum Gasteiger partial charge on any atom is 0.255 e. The van der Waals surface area contributed by atoms with Gasteiger partial charge in [0, 0.05) is 54.2 Å². The Morgan fingerprint density at radius 3 is 2.81 bits per heavy atom. The summed E-state index contributed by atoms with van der Waals surface area (Å²) in [6.45, 7) is 2.22. The first-order valence-corrected chi connectivity index (χ1v) is 9.18. The predicted molar refractivity (Wildman–Crippen MR) is 104 cm³/mol. The minimum absolute atomic E-state index is 0.0691. The van der Waals surface area contributed by atoms with Gasteiger partial charge in [-0.05, 0) is 51.8 Å². The van der Waals surface area contributed by atoms with Crippen LogP contribution in [-0.4, -0.2) is 26.4 Å². The van der Waals surface area contributed by atoms with Gasteiger partial charge in [0.25, 0.3) is 5.56 Å². The van der Waals surface area contributed by atoms with E-state index in [9.17, 15) is 4.79 Å². The molecule has 0 aliphatic carbocycles. The van der Waals surface area contributed by atoms with Crippen LogP contribution in [0.15, 0.2) is 52.0 Å². The summed E-state index contributed by atoms with van der Waals surface area (Å²) in [5.41, 5.74) is 10.0. The number of hydrogen-bond donors (Lipinski definition) is 2. The first kappa shape index (κ1) is 16.9. The fraction of sp³-hybridized carbons (Fsp3) is 0.211. The first-order valence-electron chi connectivity index (χ1n) is 8.39. The lowest BCUT2D eigenvalue weighted by Gasteiger charge is -2.28. The quantitative estimate of drug-likeness (QED) is 0.646. The van der Waals surface area contributed by atoms with E-state index in [1.165, 1.54) is 0 Å². The molecule has 132 valence electrons. The second kappa shape index (κ2) is 7.01. The van der Waals surface area contributed by atoms with Crippen LogP contribution in [0.25, 0.3) is 11.4 Å². The molecular weight excluding hydrogens is 394 g/mol. The summed E-state index contributed by atoms with van der Waals surface area (Å²) in [6.07, 6.45) is 4.33. The van der Waals surface area contributed by atoms with Crippen LogP contribution in [0.1, 0.15) is 16.8 Å². The molecule has 0 amide bonds. The Labute approximate surface area is 159 Å².